The zero-order valence-corrected chi connectivity index (χ0v) is 46.5. The molecule has 49 heavy (non-hydrogen) atoms. The molecule has 271 valence electrons. The number of hydrogen-bond donors (Lipinski definition) is 1. The number of Topliss-reactive ketones (excluding diaryl/α,β-unsaturated/α-hetero) is 1. The second-order valence-electron chi connectivity index (χ2n) is 10.6. The van der Waals surface area contributed by atoms with Crippen molar-refractivity contribution in [2.75, 3.05) is 26.4 Å². The van der Waals surface area contributed by atoms with Gasteiger partial charge in [-0.2, -0.15) is 13.8 Å². The number of ether oxygens (including phenoxy) is 4. The first-order chi connectivity index (χ1) is 22.2. The molecule has 2 aromatic carbocycles. The quantitative estimate of drug-likeness (QED) is 0.187. The molecule has 2 aromatic rings. The summed E-state index contributed by atoms with van der Waals surface area (Å²) >= 11 is 12.1. The fourth-order valence-corrected chi connectivity index (χ4v) is 4.49. The van der Waals surface area contributed by atoms with Crippen molar-refractivity contribution < 1.29 is 122 Å². The first-order valence-electron chi connectivity index (χ1n) is 14.3. The van der Waals surface area contributed by atoms with Crippen molar-refractivity contribution in [2.24, 2.45) is 0 Å². The molecule has 0 unspecified atom stereocenters. The normalized spacial score (nSPS) is 16.5. The molecule has 2 saturated heterocycles. The van der Waals surface area contributed by atoms with Gasteiger partial charge in [-0.15, -0.1) is 0 Å². The van der Waals surface area contributed by atoms with Crippen LogP contribution in [0.2, 0.25) is 0 Å². The summed E-state index contributed by atoms with van der Waals surface area (Å²) in [7, 11) is 0.628. The maximum Gasteiger partial charge on any atom is 0 e. The van der Waals surface area contributed by atoms with Crippen molar-refractivity contribution in [3.05, 3.63) is 83.1 Å². The maximum atomic E-state index is 13.1. The van der Waals surface area contributed by atoms with Gasteiger partial charge in [-0.3, -0.25) is 16.6 Å². The molecule has 18 heteroatoms. The van der Waals surface area contributed by atoms with Gasteiger partial charge in [-0.05, 0) is 44.0 Å². The summed E-state index contributed by atoms with van der Waals surface area (Å²) in [5.41, 5.74) is 1.52. The molecule has 0 aromatic heterocycles. The fraction of sp³-hybridized carbons (Fsp3) is 0.484. The molecule has 2 aliphatic heterocycles. The molecule has 1 N–H and O–H groups in total. The third kappa shape index (κ3) is 24.0. The smallest absolute Gasteiger partial charge is 0 e. The van der Waals surface area contributed by atoms with Crippen LogP contribution in [-0.2, 0) is 120 Å². The average Bonchev–Trinajstić information content (AvgIpc) is 3.00. The second kappa shape index (κ2) is 31.3. The van der Waals surface area contributed by atoms with E-state index < -0.39 is 17.5 Å². The topological polar surface area (TPSA) is 91.3 Å². The number of benzene rings is 2. The van der Waals surface area contributed by atoms with Crippen molar-refractivity contribution in [1.82, 2.24) is 0 Å². The molecule has 0 aliphatic carbocycles. The summed E-state index contributed by atoms with van der Waals surface area (Å²) in [6.07, 6.45) is 2.69. The number of ketones is 1. The average molecular weight is 1470 g/mol. The summed E-state index contributed by atoms with van der Waals surface area (Å²) in [6.45, 7) is 7.46. The van der Waals surface area contributed by atoms with E-state index in [0.717, 1.165) is 23.0 Å². The van der Waals surface area contributed by atoms with Crippen LogP contribution in [0.25, 0.3) is 0 Å². The zero-order chi connectivity index (χ0) is 35.5. The van der Waals surface area contributed by atoms with Crippen molar-refractivity contribution in [1.29, 1.82) is 0 Å². The van der Waals surface area contributed by atoms with Gasteiger partial charge in [0.25, 0.3) is 0 Å². The Morgan fingerprint density at radius 2 is 1.04 bits per heavy atom. The Kier molecular flexibility index (Phi) is 35.4. The van der Waals surface area contributed by atoms with Crippen LogP contribution in [-0.4, -0.2) is 43.3 Å². The van der Waals surface area contributed by atoms with Crippen LogP contribution in [0.3, 0.4) is 0 Å². The van der Waals surface area contributed by atoms with Crippen molar-refractivity contribution in [3.63, 3.8) is 0 Å². The standard InChI is InChI=1S/C16H20FO3.C15H18FO4.5HI.2V.2Y/c1-12-10-19-16(20-11-12,9-3-4-13(2)18)14-5-7-15(17)8-6-14;1-11-9-19-15(20-10-11,8-2-3-14(17)18)12-4-6-13(16)7-5-12;;;;;;;;;/h5-8H,3-4,9-11H2,1-2H3;4-7H,2-3,8-10H2,1H3,(H,17,18);5*1H;;;;/q2*-1;;;;;;+2;+3;;/p-5. The Balaban J connectivity index is 0. The van der Waals surface area contributed by atoms with Crippen LogP contribution in [0.15, 0.2) is 48.5 Å². The fourth-order valence-electron chi connectivity index (χ4n) is 4.49. The van der Waals surface area contributed by atoms with E-state index in [-0.39, 0.29) is 94.2 Å². The number of carboxylic acid groups (broad SMARTS) is 1. The summed E-state index contributed by atoms with van der Waals surface area (Å²) in [5.74, 6) is -0.948. The number of carbonyl (C=O) groups is 2. The summed E-state index contributed by atoms with van der Waals surface area (Å²) in [6, 6.07) is 12.1. The molecule has 2 heterocycles. The van der Waals surface area contributed by atoms with E-state index in [1.807, 2.05) is 13.8 Å². The molecule has 0 bridgehead atoms. The van der Waals surface area contributed by atoms with Gasteiger partial charge in [-0.1, -0.05) is 50.7 Å². The van der Waals surface area contributed by atoms with Crippen LogP contribution in [0, 0.1) is 23.5 Å². The number of carboxylic acids is 1. The summed E-state index contributed by atoms with van der Waals surface area (Å²) in [4.78, 5) is 21.5. The van der Waals surface area contributed by atoms with E-state index in [9.17, 15) is 18.4 Å². The minimum absolute atomic E-state index is 0. The monoisotopic (exact) mass is 1470 g/mol. The second-order valence-corrected chi connectivity index (χ2v) is 57.8. The molecular weight excluding hydrogens is 1440 g/mol. The van der Waals surface area contributed by atoms with Crippen molar-refractivity contribution in [2.45, 2.75) is 70.9 Å². The molecular formula is C31H38F2I5O7V2Y2-2. The van der Waals surface area contributed by atoms with Gasteiger partial charge in [0, 0.05) is 102 Å². The SMILES string of the molecule is CC(=O)CCCC1(c2ccc(F)cc2)OC[C-](C)CO1.C[C-]1COC(CCCC(=O)O)(c2ccc(F)cc2)OC1.[I][V]([I])[I].[I][V][I].[Y].[Y]. The zero-order valence-electron chi connectivity index (χ0n) is 27.3. The molecule has 2 aliphatic rings. The van der Waals surface area contributed by atoms with Crippen LogP contribution in [0.5, 0.6) is 0 Å². The van der Waals surface area contributed by atoms with Gasteiger partial charge in [0.05, 0.1) is 0 Å². The van der Waals surface area contributed by atoms with E-state index in [0.29, 0.717) is 68.0 Å². The predicted molar refractivity (Wildman–Crippen MR) is 214 cm³/mol. The van der Waals surface area contributed by atoms with E-state index in [2.05, 4.69) is 99.9 Å². The minimum Gasteiger partial charge on any atom is 0 e. The molecule has 0 atom stereocenters. The number of carbonyl (C=O) groups excluding carboxylic acids is 1. The van der Waals surface area contributed by atoms with Crippen LogP contribution in [0.1, 0.15) is 70.4 Å². The van der Waals surface area contributed by atoms with Gasteiger partial charge in [-0.25, -0.2) is 8.78 Å². The van der Waals surface area contributed by atoms with Crippen molar-refractivity contribution >= 4 is 112 Å². The van der Waals surface area contributed by atoms with E-state index >= 15 is 0 Å². The molecule has 0 saturated carbocycles. The molecule has 7 nitrogen and oxygen atoms in total. The summed E-state index contributed by atoms with van der Waals surface area (Å²) < 4.78 is 49.5. The third-order valence-electron chi connectivity index (χ3n) is 6.71. The third-order valence-corrected chi connectivity index (χ3v) is 6.71. The number of halogens is 7. The number of aliphatic carboxylic acids is 1. The summed E-state index contributed by atoms with van der Waals surface area (Å²) in [5, 5.41) is 8.74. The van der Waals surface area contributed by atoms with Gasteiger partial charge >= 0.3 is 120 Å². The first kappa shape index (κ1) is 55.4. The largest absolute Gasteiger partial charge is 0 e. The number of hydrogen-bond acceptors (Lipinski definition) is 6. The molecule has 2 fully saturated rings. The first-order valence-corrected chi connectivity index (χ1v) is 36.8. The van der Waals surface area contributed by atoms with Crippen LogP contribution in [0.4, 0.5) is 8.78 Å². The Bertz CT molecular complexity index is 1090. The van der Waals surface area contributed by atoms with Crippen LogP contribution >= 0.6 is 99.9 Å². The minimum atomic E-state index is -0.970. The van der Waals surface area contributed by atoms with Gasteiger partial charge in [0.15, 0.2) is 11.6 Å². The number of rotatable bonds is 10. The maximum absolute atomic E-state index is 13.1. The van der Waals surface area contributed by atoms with Gasteiger partial charge in [0.1, 0.15) is 17.4 Å². The Hall–Kier alpha value is 4.31. The molecule has 0 spiro atoms. The van der Waals surface area contributed by atoms with Gasteiger partial charge in [0.2, 0.25) is 0 Å². The van der Waals surface area contributed by atoms with Crippen molar-refractivity contribution in [3.8, 4) is 0 Å². The predicted octanol–water partition coefficient (Wildman–Crippen LogP) is 10.7. The van der Waals surface area contributed by atoms with Gasteiger partial charge < -0.3 is 28.8 Å². The molecule has 2 radical (unpaired) electrons. The Morgan fingerprint density at radius 1 is 0.755 bits per heavy atom. The Labute approximate surface area is 406 Å². The van der Waals surface area contributed by atoms with E-state index in [1.165, 1.54) is 24.3 Å². The molecule has 0 amide bonds. The van der Waals surface area contributed by atoms with E-state index in [1.54, 1.807) is 31.2 Å². The van der Waals surface area contributed by atoms with E-state index in [4.69, 9.17) is 24.1 Å². The molecule has 4 rings (SSSR count). The van der Waals surface area contributed by atoms with Crippen LogP contribution < -0.4 is 0 Å². The Morgan fingerprint density at radius 3 is 1.31 bits per heavy atom.